The predicted octanol–water partition coefficient (Wildman–Crippen LogP) is 3.89. The molecule has 2 aliphatic heterocycles. The molecular formula is C18H21F2NO4. The maximum atomic E-state index is 12.7. The van der Waals surface area contributed by atoms with Crippen LogP contribution in [0.2, 0.25) is 0 Å². The number of halogens is 2. The Balaban J connectivity index is 1.56. The molecule has 0 aromatic heterocycles. The standard InChI is InChI=1S/C18H21F2NO4/c19-17(20)24-15-6-5-12(9-16(15)23-13-3-1-2-4-13)14-10-18(25-21-14)7-8-22-11-18/h5-6,9,13,17H,1-4,7-8,10-11H2. The Morgan fingerprint density at radius 3 is 2.76 bits per heavy atom. The van der Waals surface area contributed by atoms with E-state index in [0.717, 1.165) is 43.4 Å². The van der Waals surface area contributed by atoms with Crippen molar-refractivity contribution in [1.82, 2.24) is 0 Å². The van der Waals surface area contributed by atoms with Gasteiger partial charge in [-0.05, 0) is 43.9 Å². The SMILES string of the molecule is FC(F)Oc1ccc(C2=NOC3(CCOC3)C2)cc1OC1CCCC1. The molecule has 5 nitrogen and oxygen atoms in total. The summed E-state index contributed by atoms with van der Waals surface area (Å²) in [5.41, 5.74) is 1.21. The van der Waals surface area contributed by atoms with Gasteiger partial charge in [-0.3, -0.25) is 0 Å². The average molecular weight is 353 g/mol. The second-order valence-electron chi connectivity index (χ2n) is 6.86. The maximum Gasteiger partial charge on any atom is 0.387 e. The highest BCUT2D eigenvalue weighted by atomic mass is 19.3. The van der Waals surface area contributed by atoms with E-state index in [4.69, 9.17) is 14.3 Å². The molecule has 2 fully saturated rings. The summed E-state index contributed by atoms with van der Waals surface area (Å²) in [4.78, 5) is 5.61. The second kappa shape index (κ2) is 6.78. The summed E-state index contributed by atoms with van der Waals surface area (Å²) >= 11 is 0. The molecule has 1 aliphatic carbocycles. The molecule has 1 aromatic carbocycles. The van der Waals surface area contributed by atoms with Crippen molar-refractivity contribution in [2.24, 2.45) is 5.16 Å². The van der Waals surface area contributed by atoms with Crippen molar-refractivity contribution in [3.05, 3.63) is 23.8 Å². The monoisotopic (exact) mass is 353 g/mol. The summed E-state index contributed by atoms with van der Waals surface area (Å²) in [6.07, 6.45) is 5.55. The molecular weight excluding hydrogens is 332 g/mol. The summed E-state index contributed by atoms with van der Waals surface area (Å²) < 4.78 is 41.3. The van der Waals surface area contributed by atoms with Gasteiger partial charge in [-0.2, -0.15) is 8.78 Å². The molecule has 3 aliphatic rings. The van der Waals surface area contributed by atoms with Gasteiger partial charge < -0.3 is 19.0 Å². The van der Waals surface area contributed by atoms with E-state index in [2.05, 4.69) is 9.89 Å². The predicted molar refractivity (Wildman–Crippen MR) is 86.4 cm³/mol. The van der Waals surface area contributed by atoms with E-state index < -0.39 is 6.61 Å². The summed E-state index contributed by atoms with van der Waals surface area (Å²) in [6.45, 7) is -1.69. The van der Waals surface area contributed by atoms with Crippen LogP contribution in [-0.4, -0.2) is 37.2 Å². The van der Waals surface area contributed by atoms with Crippen molar-refractivity contribution < 1.29 is 27.8 Å². The van der Waals surface area contributed by atoms with Crippen LogP contribution in [0.25, 0.3) is 0 Å². The molecule has 0 N–H and O–H groups in total. The zero-order chi connectivity index (χ0) is 17.3. The van der Waals surface area contributed by atoms with Crippen molar-refractivity contribution in [1.29, 1.82) is 0 Å². The molecule has 1 atom stereocenters. The van der Waals surface area contributed by atoms with Crippen molar-refractivity contribution >= 4 is 5.71 Å². The van der Waals surface area contributed by atoms with Gasteiger partial charge in [0.15, 0.2) is 17.1 Å². The van der Waals surface area contributed by atoms with Crippen LogP contribution in [0, 0.1) is 0 Å². The van der Waals surface area contributed by atoms with E-state index in [1.54, 1.807) is 12.1 Å². The van der Waals surface area contributed by atoms with Crippen LogP contribution in [0.15, 0.2) is 23.4 Å². The zero-order valence-corrected chi connectivity index (χ0v) is 13.9. The highest BCUT2D eigenvalue weighted by Crippen LogP contribution is 2.37. The molecule has 2 heterocycles. The quantitative estimate of drug-likeness (QED) is 0.806. The van der Waals surface area contributed by atoms with Crippen molar-refractivity contribution in [3.63, 3.8) is 0 Å². The van der Waals surface area contributed by atoms with Gasteiger partial charge in [-0.25, -0.2) is 0 Å². The summed E-state index contributed by atoms with van der Waals surface area (Å²) in [5, 5.41) is 4.20. The van der Waals surface area contributed by atoms with E-state index in [0.29, 0.717) is 25.4 Å². The van der Waals surface area contributed by atoms with Crippen LogP contribution in [0.5, 0.6) is 11.5 Å². The summed E-state index contributed by atoms with van der Waals surface area (Å²) in [6, 6.07) is 4.97. The molecule has 4 rings (SSSR count). The average Bonchev–Trinajstić information content (AvgIpc) is 3.33. The summed E-state index contributed by atoms with van der Waals surface area (Å²) in [7, 11) is 0. The first-order valence-corrected chi connectivity index (χ1v) is 8.72. The minimum absolute atomic E-state index is 0.0478. The number of nitrogens with zero attached hydrogens (tertiary/aromatic N) is 1. The van der Waals surface area contributed by atoms with Crippen molar-refractivity contribution in [3.8, 4) is 11.5 Å². The van der Waals surface area contributed by atoms with Crippen molar-refractivity contribution in [2.75, 3.05) is 13.2 Å². The van der Waals surface area contributed by atoms with Gasteiger partial charge in [0, 0.05) is 18.4 Å². The Bertz CT molecular complexity index is 652. The molecule has 1 unspecified atom stereocenters. The van der Waals surface area contributed by atoms with Gasteiger partial charge in [0.2, 0.25) is 0 Å². The van der Waals surface area contributed by atoms with Crippen LogP contribution in [0.1, 0.15) is 44.1 Å². The molecule has 7 heteroatoms. The highest BCUT2D eigenvalue weighted by Gasteiger charge is 2.43. The van der Waals surface area contributed by atoms with Gasteiger partial charge in [0.1, 0.15) is 0 Å². The van der Waals surface area contributed by atoms with Gasteiger partial charge >= 0.3 is 6.61 Å². The van der Waals surface area contributed by atoms with Crippen LogP contribution >= 0.6 is 0 Å². The van der Waals surface area contributed by atoms with Gasteiger partial charge in [-0.15, -0.1) is 0 Å². The number of rotatable bonds is 5. The lowest BCUT2D eigenvalue weighted by molar-refractivity contribution is -0.0520. The first kappa shape index (κ1) is 16.6. The van der Waals surface area contributed by atoms with Crippen molar-refractivity contribution in [2.45, 2.75) is 56.8 Å². The number of ether oxygens (including phenoxy) is 3. The number of benzene rings is 1. The van der Waals surface area contributed by atoms with Gasteiger partial charge in [0.05, 0.1) is 25.0 Å². The Hall–Kier alpha value is -1.89. The molecule has 1 saturated heterocycles. The summed E-state index contributed by atoms with van der Waals surface area (Å²) in [5.74, 6) is 0.403. The molecule has 25 heavy (non-hydrogen) atoms. The Labute approximate surface area is 144 Å². The third-order valence-corrected chi connectivity index (χ3v) is 5.00. The molecule has 1 spiro atoms. The van der Waals surface area contributed by atoms with Crippen LogP contribution < -0.4 is 9.47 Å². The van der Waals surface area contributed by atoms with E-state index in [1.807, 2.05) is 0 Å². The van der Waals surface area contributed by atoms with E-state index in [9.17, 15) is 8.78 Å². The smallest absolute Gasteiger partial charge is 0.387 e. The molecule has 1 aromatic rings. The lowest BCUT2D eigenvalue weighted by Crippen LogP contribution is -2.29. The molecule has 0 amide bonds. The number of oxime groups is 1. The van der Waals surface area contributed by atoms with E-state index >= 15 is 0 Å². The largest absolute Gasteiger partial charge is 0.487 e. The fourth-order valence-corrected chi connectivity index (χ4v) is 3.64. The minimum atomic E-state index is -2.89. The molecule has 136 valence electrons. The van der Waals surface area contributed by atoms with E-state index in [-0.39, 0.29) is 17.5 Å². The zero-order valence-electron chi connectivity index (χ0n) is 13.9. The van der Waals surface area contributed by atoms with Gasteiger partial charge in [0.25, 0.3) is 0 Å². The fraction of sp³-hybridized carbons (Fsp3) is 0.611. The Morgan fingerprint density at radius 1 is 1.20 bits per heavy atom. The second-order valence-corrected chi connectivity index (χ2v) is 6.86. The number of hydrogen-bond donors (Lipinski definition) is 0. The van der Waals surface area contributed by atoms with Crippen LogP contribution in [-0.2, 0) is 9.57 Å². The van der Waals surface area contributed by atoms with Crippen LogP contribution in [0.3, 0.4) is 0 Å². The van der Waals surface area contributed by atoms with E-state index in [1.165, 1.54) is 6.07 Å². The third kappa shape index (κ3) is 3.56. The first-order chi connectivity index (χ1) is 12.1. The first-order valence-electron chi connectivity index (χ1n) is 8.72. The highest BCUT2D eigenvalue weighted by molar-refractivity contribution is 6.02. The Kier molecular flexibility index (Phi) is 4.50. The minimum Gasteiger partial charge on any atom is -0.487 e. The Morgan fingerprint density at radius 2 is 2.04 bits per heavy atom. The van der Waals surface area contributed by atoms with Gasteiger partial charge in [-0.1, -0.05) is 5.16 Å². The molecule has 1 saturated carbocycles. The number of hydrogen-bond acceptors (Lipinski definition) is 5. The fourth-order valence-electron chi connectivity index (χ4n) is 3.64. The normalized spacial score (nSPS) is 26.3. The lowest BCUT2D eigenvalue weighted by atomic mass is 9.93. The molecule has 0 bridgehead atoms. The molecule has 0 radical (unpaired) electrons. The third-order valence-electron chi connectivity index (χ3n) is 5.00. The number of alkyl halides is 2. The van der Waals surface area contributed by atoms with Crippen LogP contribution in [0.4, 0.5) is 8.78 Å². The lowest BCUT2D eigenvalue weighted by Gasteiger charge is -2.18. The maximum absolute atomic E-state index is 12.7. The topological polar surface area (TPSA) is 49.3 Å².